The molecule has 0 unspecified atom stereocenters. The Morgan fingerprint density at radius 3 is 2.56 bits per heavy atom. The number of anilines is 2. The zero-order valence-electron chi connectivity index (χ0n) is 24.2. The van der Waals surface area contributed by atoms with Crippen molar-refractivity contribution in [1.82, 2.24) is 19.4 Å². The minimum atomic E-state index is -0.438. The number of nitrogens with one attached hydrogen (secondary N) is 2. The first-order chi connectivity index (χ1) is 19.8. The Morgan fingerprint density at radius 2 is 1.83 bits per heavy atom. The number of hydrogen-bond donors (Lipinski definition) is 2. The van der Waals surface area contributed by atoms with Crippen LogP contribution in [0, 0.1) is 5.92 Å². The number of carbonyl (C=O) groups excluding carboxylic acids is 2. The fourth-order valence-corrected chi connectivity index (χ4v) is 6.13. The summed E-state index contributed by atoms with van der Waals surface area (Å²) in [6, 6.07) is 21.7. The second-order valence-electron chi connectivity index (χ2n) is 11.7. The number of hydrogen-bond acceptors (Lipinski definition) is 5. The van der Waals surface area contributed by atoms with Crippen LogP contribution in [-0.4, -0.2) is 64.4 Å². The molecule has 2 aliphatic heterocycles. The van der Waals surface area contributed by atoms with Gasteiger partial charge in [0, 0.05) is 36.4 Å². The van der Waals surface area contributed by atoms with Crippen molar-refractivity contribution in [3.05, 3.63) is 77.9 Å². The van der Waals surface area contributed by atoms with Crippen molar-refractivity contribution >= 4 is 34.2 Å². The molecule has 0 bridgehead atoms. The van der Waals surface area contributed by atoms with Gasteiger partial charge in [0.1, 0.15) is 11.9 Å². The third-order valence-corrected chi connectivity index (χ3v) is 8.53. The maximum atomic E-state index is 13.5. The van der Waals surface area contributed by atoms with E-state index in [-0.39, 0.29) is 23.8 Å². The highest BCUT2D eigenvalue weighted by Gasteiger charge is 2.34. The fraction of sp³-hybridized carbons (Fsp3) is 0.364. The van der Waals surface area contributed by atoms with Crippen LogP contribution in [0.1, 0.15) is 48.7 Å². The molecule has 2 amide bonds. The molecule has 0 saturated carbocycles. The molecular formula is C33H38N6O2. The molecule has 1 fully saturated rings. The zero-order chi connectivity index (χ0) is 28.7. The number of aromatic nitrogens is 2. The van der Waals surface area contributed by atoms with Gasteiger partial charge in [-0.25, -0.2) is 4.98 Å². The van der Waals surface area contributed by atoms with E-state index in [2.05, 4.69) is 59.2 Å². The molecular weight excluding hydrogens is 512 g/mol. The van der Waals surface area contributed by atoms with Crippen molar-refractivity contribution in [3.8, 4) is 11.4 Å². The third kappa shape index (κ3) is 5.20. The van der Waals surface area contributed by atoms with Gasteiger partial charge in [-0.05, 0) is 80.9 Å². The zero-order valence-corrected chi connectivity index (χ0v) is 24.2. The fourth-order valence-electron chi connectivity index (χ4n) is 6.13. The first kappa shape index (κ1) is 27.0. The monoisotopic (exact) mass is 550 g/mol. The molecule has 2 N–H and O–H groups in total. The van der Waals surface area contributed by atoms with E-state index >= 15 is 0 Å². The lowest BCUT2D eigenvalue weighted by atomic mass is 10.0. The molecule has 1 atom stereocenters. The highest BCUT2D eigenvalue weighted by Crippen LogP contribution is 2.40. The molecule has 1 saturated heterocycles. The van der Waals surface area contributed by atoms with E-state index in [1.54, 1.807) is 0 Å². The molecule has 6 rings (SSSR count). The lowest BCUT2D eigenvalue weighted by Gasteiger charge is -2.35. The van der Waals surface area contributed by atoms with Crippen molar-refractivity contribution in [2.75, 3.05) is 37.8 Å². The summed E-state index contributed by atoms with van der Waals surface area (Å²) < 4.78 is 2.05. The molecule has 1 aromatic heterocycles. The highest BCUT2D eigenvalue weighted by atomic mass is 16.2. The first-order valence-electron chi connectivity index (χ1n) is 14.5. The van der Waals surface area contributed by atoms with E-state index in [0.29, 0.717) is 12.1 Å². The Balaban J connectivity index is 1.38. The topological polar surface area (TPSA) is 82.5 Å². The Kier molecular flexibility index (Phi) is 7.26. The number of piperidine rings is 1. The van der Waals surface area contributed by atoms with E-state index < -0.39 is 6.04 Å². The van der Waals surface area contributed by atoms with Crippen LogP contribution in [0.5, 0.6) is 0 Å². The number of nitrogens with zero attached hydrogens (tertiary/aromatic N) is 4. The summed E-state index contributed by atoms with van der Waals surface area (Å²) in [7, 11) is 4.03. The van der Waals surface area contributed by atoms with E-state index in [4.69, 9.17) is 4.98 Å². The minimum Gasteiger partial charge on any atom is -0.381 e. The van der Waals surface area contributed by atoms with Crippen molar-refractivity contribution < 1.29 is 9.59 Å². The molecule has 0 spiro atoms. The number of likely N-dealkylation sites (tertiary alicyclic amines) is 1. The van der Waals surface area contributed by atoms with Gasteiger partial charge in [0.2, 0.25) is 5.91 Å². The van der Waals surface area contributed by atoms with Crippen LogP contribution >= 0.6 is 0 Å². The van der Waals surface area contributed by atoms with Crippen LogP contribution in [0.3, 0.4) is 0 Å². The summed E-state index contributed by atoms with van der Waals surface area (Å²) in [5.74, 6) is 0.707. The van der Waals surface area contributed by atoms with E-state index in [1.165, 1.54) is 5.56 Å². The number of imidazole rings is 1. The van der Waals surface area contributed by atoms with Crippen LogP contribution in [-0.2, 0) is 11.3 Å². The average molecular weight is 551 g/mol. The van der Waals surface area contributed by atoms with Crippen molar-refractivity contribution in [2.45, 2.75) is 45.3 Å². The molecule has 3 heterocycles. The van der Waals surface area contributed by atoms with Gasteiger partial charge in [-0.1, -0.05) is 44.2 Å². The van der Waals surface area contributed by atoms with E-state index in [0.717, 1.165) is 59.7 Å². The molecule has 212 valence electrons. The molecule has 41 heavy (non-hydrogen) atoms. The van der Waals surface area contributed by atoms with Crippen LogP contribution < -0.4 is 10.6 Å². The number of fused-ring (bicyclic) bond motifs is 5. The Labute approximate surface area is 241 Å². The number of carbonyl (C=O) groups is 2. The van der Waals surface area contributed by atoms with Crippen molar-refractivity contribution in [2.24, 2.45) is 5.92 Å². The maximum absolute atomic E-state index is 13.5. The second kappa shape index (κ2) is 11.0. The molecule has 4 aromatic rings. The molecule has 0 radical (unpaired) electrons. The number of amides is 2. The molecule has 0 aliphatic carbocycles. The summed E-state index contributed by atoms with van der Waals surface area (Å²) in [6.07, 6.45) is 1.95. The minimum absolute atomic E-state index is 0.00981. The number of rotatable bonds is 6. The standard InChI is InChI=1S/C33H38N6O2/c1-21(2)30-32(40)36-27-12-11-24(34-20-22-8-6-5-7-9-22)19-26(27)31-35-28-18-23(10-13-29(28)39(30)31)33(41)38(4)25-14-16-37(3)17-15-25/h5-13,18-19,21,25,30,34H,14-17,20H2,1-4H3,(H,36,40)/t30-/m1/s1. The lowest BCUT2D eigenvalue weighted by molar-refractivity contribution is -0.120. The maximum Gasteiger partial charge on any atom is 0.253 e. The van der Waals surface area contributed by atoms with E-state index in [1.807, 2.05) is 60.5 Å². The highest BCUT2D eigenvalue weighted by molar-refractivity contribution is 6.03. The molecule has 8 heteroatoms. The third-order valence-electron chi connectivity index (χ3n) is 8.53. The van der Waals surface area contributed by atoms with Gasteiger partial charge >= 0.3 is 0 Å². The first-order valence-corrected chi connectivity index (χ1v) is 14.5. The van der Waals surface area contributed by atoms with Crippen LogP contribution in [0.15, 0.2) is 66.7 Å². The summed E-state index contributed by atoms with van der Waals surface area (Å²) in [4.78, 5) is 36.3. The summed E-state index contributed by atoms with van der Waals surface area (Å²) in [5.41, 5.74) is 5.91. The predicted molar refractivity (Wildman–Crippen MR) is 164 cm³/mol. The van der Waals surface area contributed by atoms with Crippen molar-refractivity contribution in [1.29, 1.82) is 0 Å². The second-order valence-corrected chi connectivity index (χ2v) is 11.7. The molecule has 2 aliphatic rings. The van der Waals surface area contributed by atoms with Gasteiger partial charge in [-0.15, -0.1) is 0 Å². The largest absolute Gasteiger partial charge is 0.381 e. The van der Waals surface area contributed by atoms with Crippen LogP contribution in [0.25, 0.3) is 22.4 Å². The van der Waals surface area contributed by atoms with Gasteiger partial charge < -0.3 is 25.0 Å². The average Bonchev–Trinajstić information content (AvgIpc) is 3.29. The summed E-state index contributed by atoms with van der Waals surface area (Å²) in [5, 5.41) is 6.65. The van der Waals surface area contributed by atoms with Gasteiger partial charge in [0.25, 0.3) is 5.91 Å². The van der Waals surface area contributed by atoms with Crippen LogP contribution in [0.2, 0.25) is 0 Å². The van der Waals surface area contributed by atoms with E-state index in [9.17, 15) is 9.59 Å². The SMILES string of the molecule is CC(C)[C@@H]1C(=O)Nc2ccc(NCc3ccccc3)cc2-c2nc3cc(C(=O)N(C)C4CCN(C)CC4)ccc3n21. The molecule has 3 aromatic carbocycles. The summed E-state index contributed by atoms with van der Waals surface area (Å²) in [6.45, 7) is 6.78. The Morgan fingerprint density at radius 1 is 1.07 bits per heavy atom. The predicted octanol–water partition coefficient (Wildman–Crippen LogP) is 5.63. The Bertz CT molecular complexity index is 1590. The molecule has 8 nitrogen and oxygen atoms in total. The normalized spacial score (nSPS) is 17.6. The van der Waals surface area contributed by atoms with Gasteiger partial charge in [0.05, 0.1) is 16.7 Å². The van der Waals surface area contributed by atoms with Gasteiger partial charge in [-0.2, -0.15) is 0 Å². The summed E-state index contributed by atoms with van der Waals surface area (Å²) >= 11 is 0. The van der Waals surface area contributed by atoms with Crippen molar-refractivity contribution in [3.63, 3.8) is 0 Å². The quantitative estimate of drug-likeness (QED) is 0.325. The van der Waals surface area contributed by atoms with Gasteiger partial charge in [-0.3, -0.25) is 9.59 Å². The smallest absolute Gasteiger partial charge is 0.253 e. The van der Waals surface area contributed by atoms with Gasteiger partial charge in [0.15, 0.2) is 0 Å². The lowest BCUT2D eigenvalue weighted by Crippen LogP contribution is -2.44. The number of benzene rings is 3. The van der Waals surface area contributed by atoms with Crippen LogP contribution in [0.4, 0.5) is 11.4 Å². The Hall–Kier alpha value is -4.17.